The molecule has 5 fully saturated rings. The lowest BCUT2D eigenvalue weighted by molar-refractivity contribution is -0.0346. The molecule has 3 aromatic rings. The molecule has 10 nitrogen and oxygen atoms in total. The molecular formula is C36H37F3N6O4S. The Balaban J connectivity index is 1.23. The highest BCUT2D eigenvalue weighted by Gasteiger charge is 2.50. The number of alkyl halides is 1. The maximum atomic E-state index is 17.6. The Kier molecular flexibility index (Phi) is 7.76. The first-order valence-electron chi connectivity index (χ1n) is 17.3. The monoisotopic (exact) mass is 706 g/mol. The standard InChI is InChI=1S/C36H37F3N6O4S/c1-2-26-28(38)7-4-21-10-25(46)11-27(29(21)26)32-30(39)31-33(50(47)45(32)13-20-17-48-18-20)34(43-15-23-5-6-24(16-43)40-23)42-35(41-31)49-19-36-8-3-9-44(36)14-22(37)12-36/h1,4,7,10-11,20,22-24,40,46H,3,5-6,8-9,12-19H2/t22-,23?,24?,36+,50?/m1/s1. The number of ether oxygens (including phenoxy) is 2. The fraction of sp³-hybridized carbons (Fsp3) is 0.500. The van der Waals surface area contributed by atoms with Crippen LogP contribution in [0, 0.1) is 24.1 Å². The molecular weight excluding hydrogens is 669 g/mol. The molecule has 5 atom stereocenters. The Hall–Kier alpha value is -3.90. The zero-order valence-electron chi connectivity index (χ0n) is 27.3. The Morgan fingerprint density at radius 1 is 1.16 bits per heavy atom. The molecule has 50 heavy (non-hydrogen) atoms. The van der Waals surface area contributed by atoms with E-state index in [0.717, 1.165) is 32.2 Å². The zero-order valence-corrected chi connectivity index (χ0v) is 28.2. The molecule has 0 radical (unpaired) electrons. The van der Waals surface area contributed by atoms with Gasteiger partial charge in [-0.15, -0.1) is 6.42 Å². The number of fused-ring (bicyclic) bond motifs is 5. The van der Waals surface area contributed by atoms with Crippen LogP contribution in [0.25, 0.3) is 22.3 Å². The topological polar surface area (TPSA) is 103 Å². The highest BCUT2D eigenvalue weighted by molar-refractivity contribution is 7.83. The van der Waals surface area contributed by atoms with E-state index in [1.165, 1.54) is 28.6 Å². The summed E-state index contributed by atoms with van der Waals surface area (Å²) in [6.07, 6.45) is 8.83. The summed E-state index contributed by atoms with van der Waals surface area (Å²) in [6.45, 7) is 3.37. The second-order valence-corrected chi connectivity index (χ2v) is 15.8. The average molecular weight is 707 g/mol. The number of benzene rings is 2. The van der Waals surface area contributed by atoms with Crippen molar-refractivity contribution in [3.63, 3.8) is 0 Å². The molecule has 2 aromatic carbocycles. The van der Waals surface area contributed by atoms with Crippen LogP contribution in [0.1, 0.15) is 48.9 Å². The van der Waals surface area contributed by atoms with Gasteiger partial charge in [0.25, 0.3) is 0 Å². The zero-order chi connectivity index (χ0) is 34.3. The Bertz CT molecular complexity index is 1990. The summed E-state index contributed by atoms with van der Waals surface area (Å²) in [5.41, 5.74) is -0.831. The van der Waals surface area contributed by atoms with Crippen molar-refractivity contribution >= 4 is 39.1 Å². The van der Waals surface area contributed by atoms with Gasteiger partial charge in [0.1, 0.15) is 34.9 Å². The molecule has 0 amide bonds. The van der Waals surface area contributed by atoms with Gasteiger partial charge in [-0.2, -0.15) is 9.97 Å². The van der Waals surface area contributed by atoms with Crippen LogP contribution in [-0.4, -0.2) is 105 Å². The quantitative estimate of drug-likeness (QED) is 0.352. The highest BCUT2D eigenvalue weighted by atomic mass is 32.2. The molecule has 2 bridgehead atoms. The number of nitrogens with one attached hydrogen (secondary N) is 1. The molecule has 7 heterocycles. The normalized spacial score (nSPS) is 29.3. The minimum atomic E-state index is -2.04. The van der Waals surface area contributed by atoms with Gasteiger partial charge in [-0.1, -0.05) is 12.0 Å². The third-order valence-corrected chi connectivity index (χ3v) is 12.7. The third-order valence-electron chi connectivity index (χ3n) is 11.2. The van der Waals surface area contributed by atoms with Gasteiger partial charge in [0.2, 0.25) is 0 Å². The van der Waals surface area contributed by atoms with Gasteiger partial charge in [-0.3, -0.25) is 9.21 Å². The van der Waals surface area contributed by atoms with Gasteiger partial charge in [0.15, 0.2) is 22.6 Å². The number of rotatable bonds is 7. The lowest BCUT2D eigenvalue weighted by Crippen LogP contribution is -2.52. The number of anilines is 1. The van der Waals surface area contributed by atoms with Crippen LogP contribution in [0.15, 0.2) is 29.2 Å². The number of hydrogen-bond acceptors (Lipinski definition) is 9. The summed E-state index contributed by atoms with van der Waals surface area (Å²) in [4.78, 5) is 13.7. The Morgan fingerprint density at radius 3 is 2.70 bits per heavy atom. The van der Waals surface area contributed by atoms with Gasteiger partial charge in [-0.25, -0.2) is 17.4 Å². The second kappa shape index (κ2) is 12.1. The van der Waals surface area contributed by atoms with E-state index in [2.05, 4.69) is 21.1 Å². The number of nitrogens with zero attached hydrogens (tertiary/aromatic N) is 5. The van der Waals surface area contributed by atoms with Crippen LogP contribution in [-0.2, 0) is 15.7 Å². The first-order chi connectivity index (χ1) is 24.2. The minimum Gasteiger partial charge on any atom is -0.508 e. The van der Waals surface area contributed by atoms with Gasteiger partial charge in [-0.05, 0) is 55.8 Å². The van der Waals surface area contributed by atoms with Crippen molar-refractivity contribution in [2.75, 3.05) is 57.4 Å². The lowest BCUT2D eigenvalue weighted by Gasteiger charge is -2.39. The Labute approximate surface area is 290 Å². The molecule has 6 aliphatic heterocycles. The van der Waals surface area contributed by atoms with Crippen molar-refractivity contribution in [2.45, 2.75) is 60.8 Å². The van der Waals surface area contributed by atoms with Crippen LogP contribution < -0.4 is 15.0 Å². The van der Waals surface area contributed by atoms with Crippen LogP contribution in [0.4, 0.5) is 19.0 Å². The molecule has 5 saturated heterocycles. The van der Waals surface area contributed by atoms with Crippen LogP contribution in [0.5, 0.6) is 11.8 Å². The van der Waals surface area contributed by atoms with Gasteiger partial charge >= 0.3 is 6.01 Å². The number of piperazine rings is 1. The third kappa shape index (κ3) is 5.15. The number of phenols is 1. The number of halogens is 3. The summed E-state index contributed by atoms with van der Waals surface area (Å²) in [7, 11) is -2.04. The number of aromatic nitrogens is 2. The Morgan fingerprint density at radius 2 is 1.96 bits per heavy atom. The van der Waals surface area contributed by atoms with Gasteiger partial charge < -0.3 is 24.8 Å². The second-order valence-electron chi connectivity index (χ2n) is 14.4. The average Bonchev–Trinajstić information content (AvgIpc) is 3.73. The van der Waals surface area contributed by atoms with Crippen molar-refractivity contribution < 1.29 is 32.0 Å². The highest BCUT2D eigenvalue weighted by Crippen LogP contribution is 2.48. The van der Waals surface area contributed by atoms with E-state index in [9.17, 15) is 13.7 Å². The molecule has 0 saturated carbocycles. The van der Waals surface area contributed by atoms with E-state index in [-0.39, 0.29) is 75.7 Å². The number of aromatic hydroxyl groups is 1. The predicted octanol–water partition coefficient (Wildman–Crippen LogP) is 4.13. The first-order valence-corrected chi connectivity index (χ1v) is 18.4. The maximum Gasteiger partial charge on any atom is 0.319 e. The number of phenolic OH excluding ortho intramolecular Hbond substituents is 1. The van der Waals surface area contributed by atoms with Crippen molar-refractivity contribution in [3.05, 3.63) is 46.9 Å². The summed E-state index contributed by atoms with van der Waals surface area (Å²) < 4.78 is 75.5. The largest absolute Gasteiger partial charge is 0.508 e. The SMILES string of the molecule is C#Cc1c(F)ccc2cc(O)cc(C3=C(F)c4nc(OC[C@@]56CCCN5C[C@H](F)C6)nc(N5CC6CCC(C5)N6)c4S(=O)N3CC3COC3)c12. The van der Waals surface area contributed by atoms with E-state index < -0.39 is 34.3 Å². The predicted molar refractivity (Wildman–Crippen MR) is 182 cm³/mol. The first kappa shape index (κ1) is 32.0. The molecule has 1 aromatic heterocycles. The van der Waals surface area contributed by atoms with E-state index in [4.69, 9.17) is 20.9 Å². The molecule has 2 N–H and O–H groups in total. The van der Waals surface area contributed by atoms with E-state index in [0.29, 0.717) is 50.5 Å². The summed E-state index contributed by atoms with van der Waals surface area (Å²) >= 11 is 0. The van der Waals surface area contributed by atoms with E-state index in [1.54, 1.807) is 0 Å². The van der Waals surface area contributed by atoms with Crippen LogP contribution in [0.3, 0.4) is 0 Å². The lowest BCUT2D eigenvalue weighted by atomic mass is 9.95. The molecule has 0 spiro atoms. The molecule has 262 valence electrons. The molecule has 0 aliphatic carbocycles. The van der Waals surface area contributed by atoms with E-state index >= 15 is 8.78 Å². The summed E-state index contributed by atoms with van der Waals surface area (Å²) in [5, 5.41) is 15.0. The fourth-order valence-corrected chi connectivity index (χ4v) is 10.4. The molecule has 9 rings (SSSR count). The van der Waals surface area contributed by atoms with Crippen molar-refractivity contribution in [1.82, 2.24) is 24.5 Å². The molecule has 14 heteroatoms. The van der Waals surface area contributed by atoms with Gasteiger partial charge in [0, 0.05) is 61.6 Å². The minimum absolute atomic E-state index is 0.0583. The van der Waals surface area contributed by atoms with Crippen molar-refractivity contribution in [3.8, 4) is 24.1 Å². The van der Waals surface area contributed by atoms with E-state index in [1.807, 2.05) is 4.90 Å². The van der Waals surface area contributed by atoms with Gasteiger partial charge in [0.05, 0.1) is 30.0 Å². The molecule has 6 aliphatic rings. The number of terminal acetylenes is 1. The van der Waals surface area contributed by atoms with Crippen LogP contribution in [0.2, 0.25) is 0 Å². The fourth-order valence-electron chi connectivity index (χ4n) is 8.83. The molecule has 3 unspecified atom stereocenters. The van der Waals surface area contributed by atoms with Crippen molar-refractivity contribution in [1.29, 1.82) is 0 Å². The smallest absolute Gasteiger partial charge is 0.319 e. The number of hydrogen-bond donors (Lipinski definition) is 2. The summed E-state index contributed by atoms with van der Waals surface area (Å²) in [6, 6.07) is 5.72. The summed E-state index contributed by atoms with van der Waals surface area (Å²) in [5.74, 6) is 0.968. The van der Waals surface area contributed by atoms with Crippen molar-refractivity contribution in [2.24, 2.45) is 5.92 Å². The maximum absolute atomic E-state index is 17.6. The van der Waals surface area contributed by atoms with Crippen LogP contribution >= 0.6 is 0 Å².